The number of rotatable bonds is 8. The Balaban J connectivity index is 1.46. The molecular formula is C30H41N3O9. The zero-order valence-corrected chi connectivity index (χ0v) is 25.1. The van der Waals surface area contributed by atoms with E-state index in [0.717, 1.165) is 25.7 Å². The Labute approximate surface area is 245 Å². The molecule has 2 aliphatic carbocycles. The molecule has 0 radical (unpaired) electrons. The lowest BCUT2D eigenvalue weighted by Gasteiger charge is -2.43. The number of nitrogens with zero attached hydrogens (tertiary/aromatic N) is 3. The molecule has 0 amide bonds. The first-order chi connectivity index (χ1) is 19.8. The second-order valence-electron chi connectivity index (χ2n) is 11.7. The van der Waals surface area contributed by atoms with Gasteiger partial charge in [-0.15, -0.1) is 5.10 Å². The van der Waals surface area contributed by atoms with Gasteiger partial charge in [0.15, 0.2) is 24.5 Å². The van der Waals surface area contributed by atoms with E-state index in [1.54, 1.807) is 6.92 Å². The fourth-order valence-corrected chi connectivity index (χ4v) is 6.54. The van der Waals surface area contributed by atoms with Gasteiger partial charge in [0, 0.05) is 26.3 Å². The molecule has 0 bridgehead atoms. The minimum atomic E-state index is -1.21. The topological polar surface area (TPSA) is 145 Å². The summed E-state index contributed by atoms with van der Waals surface area (Å²) in [6.45, 7) is 13.6. The zero-order chi connectivity index (χ0) is 30.7. The number of fused-ring (bicyclic) bond motifs is 1. The van der Waals surface area contributed by atoms with Crippen molar-refractivity contribution < 1.29 is 42.9 Å². The van der Waals surface area contributed by atoms with Gasteiger partial charge in [-0.25, -0.2) is 9.48 Å². The van der Waals surface area contributed by atoms with Gasteiger partial charge in [0.25, 0.3) is 0 Å². The summed E-state index contributed by atoms with van der Waals surface area (Å²) < 4.78 is 29.2. The molecule has 1 saturated heterocycles. The Morgan fingerprint density at radius 3 is 2.29 bits per heavy atom. The Bertz CT molecular complexity index is 1240. The molecule has 42 heavy (non-hydrogen) atoms. The van der Waals surface area contributed by atoms with Crippen molar-refractivity contribution in [1.29, 1.82) is 0 Å². The SMILES string of the molecule is C=C(C(=O)OCc1cn(C2OC(C)C(OC(C)=O)C(OC(C)=O)[C@H]2OC(C)=O)nn1)[C@@H]1CC[C@@H](C)[C@@H]2CCC(C)=C[C@@H]21. The lowest BCUT2D eigenvalue weighted by Crippen LogP contribution is -2.58. The molecule has 12 heteroatoms. The number of esters is 4. The van der Waals surface area contributed by atoms with E-state index in [1.807, 2.05) is 0 Å². The van der Waals surface area contributed by atoms with Crippen LogP contribution in [0.15, 0.2) is 30.0 Å². The molecule has 2 fully saturated rings. The average molecular weight is 588 g/mol. The van der Waals surface area contributed by atoms with Crippen molar-refractivity contribution in [2.45, 2.75) is 104 Å². The third kappa shape index (κ3) is 7.08. The maximum absolute atomic E-state index is 13.1. The molecular weight excluding hydrogens is 546 g/mol. The number of ether oxygens (including phenoxy) is 5. The van der Waals surface area contributed by atoms with Crippen molar-refractivity contribution in [3.63, 3.8) is 0 Å². The highest BCUT2D eigenvalue weighted by molar-refractivity contribution is 5.88. The van der Waals surface area contributed by atoms with Crippen LogP contribution >= 0.6 is 0 Å². The first-order valence-electron chi connectivity index (χ1n) is 14.5. The number of hydrogen-bond donors (Lipinski definition) is 0. The van der Waals surface area contributed by atoms with Crippen molar-refractivity contribution >= 4 is 23.9 Å². The van der Waals surface area contributed by atoms with E-state index in [2.05, 4.69) is 36.8 Å². The zero-order valence-electron chi connectivity index (χ0n) is 25.1. The van der Waals surface area contributed by atoms with E-state index in [4.69, 9.17) is 23.7 Å². The van der Waals surface area contributed by atoms with E-state index < -0.39 is 54.5 Å². The molecule has 0 spiro atoms. The maximum Gasteiger partial charge on any atom is 0.334 e. The molecule has 3 aliphatic rings. The van der Waals surface area contributed by atoms with Crippen LogP contribution < -0.4 is 0 Å². The minimum Gasteiger partial charge on any atom is -0.456 e. The second kappa shape index (κ2) is 13.2. The molecule has 230 valence electrons. The van der Waals surface area contributed by atoms with Gasteiger partial charge in [-0.05, 0) is 63.2 Å². The standard InChI is InChI=1S/C30H41N3O9/c1-15-8-10-23-16(2)9-11-24(25(23)12-15)17(3)30(37)38-14-22-13-33(32-31-22)29-28(42-21(7)36)27(41-20(6)35)26(18(4)39-29)40-19(5)34/h12-13,16,18,23-29H,3,8-11,14H2,1-2,4-7H3/t16-,18?,23+,24+,25+,26?,27?,28-,29?/m1/s1. The number of carbonyl (C=O) groups excluding carboxylic acids is 4. The average Bonchev–Trinajstić information content (AvgIpc) is 3.38. The van der Waals surface area contributed by atoms with Crippen LogP contribution in [-0.2, 0) is 49.5 Å². The third-order valence-electron chi connectivity index (χ3n) is 8.50. The van der Waals surface area contributed by atoms with E-state index in [1.165, 1.54) is 37.2 Å². The molecule has 1 aromatic heterocycles. The summed E-state index contributed by atoms with van der Waals surface area (Å²) in [6.07, 6.45) is 2.73. The van der Waals surface area contributed by atoms with Crippen LogP contribution in [0.3, 0.4) is 0 Å². The summed E-state index contributed by atoms with van der Waals surface area (Å²) in [7, 11) is 0. The molecule has 4 rings (SSSR count). The molecule has 0 N–H and O–H groups in total. The number of aromatic nitrogens is 3. The highest BCUT2D eigenvalue weighted by Gasteiger charge is 2.51. The number of allylic oxidation sites excluding steroid dienone is 2. The van der Waals surface area contributed by atoms with Crippen LogP contribution in [0, 0.1) is 23.7 Å². The number of carbonyl (C=O) groups is 4. The van der Waals surface area contributed by atoms with Gasteiger partial charge in [-0.2, -0.15) is 0 Å². The molecule has 1 aromatic rings. The van der Waals surface area contributed by atoms with Crippen molar-refractivity contribution in [3.8, 4) is 0 Å². The lowest BCUT2D eigenvalue weighted by atomic mass is 9.61. The van der Waals surface area contributed by atoms with E-state index in [0.29, 0.717) is 23.1 Å². The summed E-state index contributed by atoms with van der Waals surface area (Å²) >= 11 is 0. The van der Waals surface area contributed by atoms with E-state index in [9.17, 15) is 19.2 Å². The van der Waals surface area contributed by atoms with Crippen LogP contribution in [-0.4, -0.2) is 63.3 Å². The van der Waals surface area contributed by atoms with Crippen molar-refractivity contribution in [2.24, 2.45) is 23.7 Å². The van der Waals surface area contributed by atoms with Crippen molar-refractivity contribution in [1.82, 2.24) is 15.0 Å². The molecule has 1 aliphatic heterocycles. The Morgan fingerprint density at radius 1 is 0.976 bits per heavy atom. The predicted octanol–water partition coefficient (Wildman–Crippen LogP) is 3.61. The van der Waals surface area contributed by atoms with Gasteiger partial charge in [-0.1, -0.05) is 30.4 Å². The van der Waals surface area contributed by atoms with E-state index >= 15 is 0 Å². The van der Waals surface area contributed by atoms with Crippen molar-refractivity contribution in [2.75, 3.05) is 0 Å². The normalized spacial score (nSPS) is 32.5. The van der Waals surface area contributed by atoms with Gasteiger partial charge in [0.2, 0.25) is 0 Å². The first kappa shape index (κ1) is 31.4. The summed E-state index contributed by atoms with van der Waals surface area (Å²) in [5.74, 6) is -0.951. The monoisotopic (exact) mass is 587 g/mol. The predicted molar refractivity (Wildman–Crippen MR) is 147 cm³/mol. The molecule has 1 saturated carbocycles. The van der Waals surface area contributed by atoms with Gasteiger partial charge < -0.3 is 23.7 Å². The van der Waals surface area contributed by atoms with Crippen LogP contribution in [0.25, 0.3) is 0 Å². The van der Waals surface area contributed by atoms with Crippen LogP contribution in [0.5, 0.6) is 0 Å². The van der Waals surface area contributed by atoms with Crippen LogP contribution in [0.2, 0.25) is 0 Å². The molecule has 9 atom stereocenters. The molecule has 0 aromatic carbocycles. The van der Waals surface area contributed by atoms with Crippen LogP contribution in [0.1, 0.15) is 79.1 Å². The Hall–Kier alpha value is -3.54. The highest BCUT2D eigenvalue weighted by atomic mass is 16.7. The van der Waals surface area contributed by atoms with Gasteiger partial charge in [0.05, 0.1) is 12.3 Å². The second-order valence-corrected chi connectivity index (χ2v) is 11.7. The summed E-state index contributed by atoms with van der Waals surface area (Å²) in [4.78, 5) is 48.7. The van der Waals surface area contributed by atoms with Crippen LogP contribution in [0.4, 0.5) is 0 Å². The van der Waals surface area contributed by atoms with E-state index in [-0.39, 0.29) is 18.4 Å². The Kier molecular flexibility index (Phi) is 9.85. The molecule has 2 heterocycles. The first-order valence-corrected chi connectivity index (χ1v) is 14.5. The third-order valence-corrected chi connectivity index (χ3v) is 8.50. The van der Waals surface area contributed by atoms with Gasteiger partial charge in [0.1, 0.15) is 12.3 Å². The molecule has 4 unspecified atom stereocenters. The maximum atomic E-state index is 13.1. The fourth-order valence-electron chi connectivity index (χ4n) is 6.54. The largest absolute Gasteiger partial charge is 0.456 e. The summed E-state index contributed by atoms with van der Waals surface area (Å²) in [5, 5.41) is 8.19. The fraction of sp³-hybridized carbons (Fsp3) is 0.667. The quantitative estimate of drug-likeness (QED) is 0.190. The van der Waals surface area contributed by atoms with Crippen molar-refractivity contribution in [3.05, 3.63) is 35.7 Å². The smallest absolute Gasteiger partial charge is 0.334 e. The molecule has 12 nitrogen and oxygen atoms in total. The lowest BCUT2D eigenvalue weighted by molar-refractivity contribution is -0.261. The highest BCUT2D eigenvalue weighted by Crippen LogP contribution is 2.47. The number of hydrogen-bond acceptors (Lipinski definition) is 11. The van der Waals surface area contributed by atoms with Gasteiger partial charge >= 0.3 is 23.9 Å². The summed E-state index contributed by atoms with van der Waals surface area (Å²) in [6, 6.07) is 0. The summed E-state index contributed by atoms with van der Waals surface area (Å²) in [5.41, 5.74) is 2.15. The van der Waals surface area contributed by atoms with Gasteiger partial charge in [-0.3, -0.25) is 14.4 Å². The Morgan fingerprint density at radius 2 is 1.62 bits per heavy atom. The minimum absolute atomic E-state index is 0.0367.